The van der Waals surface area contributed by atoms with Crippen molar-refractivity contribution in [2.75, 3.05) is 18.8 Å². The van der Waals surface area contributed by atoms with Crippen molar-refractivity contribution in [3.8, 4) is 11.8 Å². The van der Waals surface area contributed by atoms with E-state index in [-0.39, 0.29) is 12.3 Å². The maximum atomic E-state index is 12.1. The van der Waals surface area contributed by atoms with Crippen molar-refractivity contribution in [2.45, 2.75) is 5.16 Å². The number of aromatic nitrogens is 2. The number of aliphatic carboxylic acids is 1. The number of hydrogen-bond acceptors (Lipinski definition) is 7. The number of fused-ring (bicyclic) bond motifs is 1. The Labute approximate surface area is 189 Å². The van der Waals surface area contributed by atoms with Crippen LogP contribution in [0, 0.1) is 11.3 Å². The van der Waals surface area contributed by atoms with Crippen LogP contribution in [0.2, 0.25) is 0 Å². The molecular weight excluding hydrogens is 486 g/mol. The highest BCUT2D eigenvalue weighted by atomic mass is 79.9. The molecule has 0 saturated carbocycles. The van der Waals surface area contributed by atoms with E-state index in [9.17, 15) is 24.8 Å². The summed E-state index contributed by atoms with van der Waals surface area (Å²) in [4.78, 5) is 38.2. The number of thioether (sulfide) groups is 1. The molecule has 2 N–H and O–H groups in total. The topological polar surface area (TPSA) is 140 Å². The number of carboxylic acids is 1. The Balaban J connectivity index is 1.74. The molecule has 0 unspecified atom stereocenters. The first-order valence-corrected chi connectivity index (χ1v) is 10.7. The number of imidazole rings is 1. The minimum Gasteiger partial charge on any atom is -0.548 e. The van der Waals surface area contributed by atoms with Gasteiger partial charge in [0.05, 0.1) is 48.3 Å². The SMILES string of the molecule is N#Cc1ccc(-n2c(Br)cnc2SCC(=O)NCC(=O)NCC(=O)[O-])c2ccccc12. The molecule has 2 aromatic carbocycles. The number of nitrogens with zero attached hydrogens (tertiary/aromatic N) is 3. The molecule has 0 aliphatic rings. The molecule has 31 heavy (non-hydrogen) atoms. The number of nitrogens with one attached hydrogen (secondary N) is 2. The van der Waals surface area contributed by atoms with Gasteiger partial charge >= 0.3 is 0 Å². The number of halogens is 1. The Morgan fingerprint density at radius 2 is 1.81 bits per heavy atom. The summed E-state index contributed by atoms with van der Waals surface area (Å²) in [5.74, 6) is -2.46. The second kappa shape index (κ2) is 10.1. The van der Waals surface area contributed by atoms with E-state index in [1.807, 2.05) is 34.9 Å². The predicted molar refractivity (Wildman–Crippen MR) is 115 cm³/mol. The van der Waals surface area contributed by atoms with Crippen molar-refractivity contribution < 1.29 is 19.5 Å². The number of carbonyl (C=O) groups excluding carboxylic acids is 3. The first kappa shape index (κ1) is 22.3. The van der Waals surface area contributed by atoms with Crippen LogP contribution in [0.3, 0.4) is 0 Å². The fourth-order valence-electron chi connectivity index (χ4n) is 2.80. The molecule has 0 spiro atoms. The van der Waals surface area contributed by atoms with Crippen LogP contribution in [0.4, 0.5) is 0 Å². The quantitative estimate of drug-likeness (QED) is 0.434. The summed E-state index contributed by atoms with van der Waals surface area (Å²) in [6.07, 6.45) is 1.61. The van der Waals surface area contributed by atoms with E-state index in [0.717, 1.165) is 16.5 Å². The maximum absolute atomic E-state index is 12.1. The first-order chi connectivity index (χ1) is 14.9. The fourth-order valence-corrected chi connectivity index (χ4v) is 4.20. The van der Waals surface area contributed by atoms with Crippen LogP contribution >= 0.6 is 27.7 Å². The summed E-state index contributed by atoms with van der Waals surface area (Å²) < 4.78 is 2.50. The number of carbonyl (C=O) groups is 3. The van der Waals surface area contributed by atoms with Gasteiger partial charge in [-0.05, 0) is 28.1 Å². The molecule has 0 aliphatic carbocycles. The first-order valence-electron chi connectivity index (χ1n) is 8.92. The van der Waals surface area contributed by atoms with Crippen LogP contribution in [-0.2, 0) is 14.4 Å². The minimum absolute atomic E-state index is 0.00850. The zero-order valence-electron chi connectivity index (χ0n) is 15.9. The molecule has 0 saturated heterocycles. The molecule has 3 rings (SSSR count). The number of nitriles is 1. The molecule has 3 aromatic rings. The maximum Gasteiger partial charge on any atom is 0.239 e. The molecule has 158 valence electrons. The van der Waals surface area contributed by atoms with E-state index in [0.29, 0.717) is 15.3 Å². The van der Waals surface area contributed by atoms with Gasteiger partial charge < -0.3 is 20.5 Å². The second-order valence-electron chi connectivity index (χ2n) is 6.20. The summed E-state index contributed by atoms with van der Waals surface area (Å²) >= 11 is 4.64. The largest absolute Gasteiger partial charge is 0.548 e. The number of carboxylic acid groups (broad SMARTS) is 1. The van der Waals surface area contributed by atoms with Gasteiger partial charge in [-0.15, -0.1) is 0 Å². The zero-order valence-corrected chi connectivity index (χ0v) is 18.3. The van der Waals surface area contributed by atoms with Crippen molar-refractivity contribution >= 4 is 56.2 Å². The van der Waals surface area contributed by atoms with E-state index in [2.05, 4.69) is 37.6 Å². The van der Waals surface area contributed by atoms with Crippen molar-refractivity contribution in [1.82, 2.24) is 20.2 Å². The third kappa shape index (κ3) is 5.42. The standard InChI is InChI=1S/C20H16BrN5O4S/c21-16-8-25-20(31-11-18(28)23-9-17(27)24-10-19(29)30)26(16)15-6-5-12(7-22)13-3-1-2-4-14(13)15/h1-6,8H,9-11H2,(H,23,28)(H,24,27)(H,29,30)/p-1. The third-order valence-corrected chi connectivity index (χ3v) is 5.67. The van der Waals surface area contributed by atoms with Crippen molar-refractivity contribution in [3.63, 3.8) is 0 Å². The molecule has 1 heterocycles. The third-order valence-electron chi connectivity index (χ3n) is 4.16. The summed E-state index contributed by atoms with van der Waals surface area (Å²) in [6.45, 7) is -0.960. The van der Waals surface area contributed by atoms with E-state index < -0.39 is 24.3 Å². The Morgan fingerprint density at radius 1 is 1.10 bits per heavy atom. The van der Waals surface area contributed by atoms with E-state index >= 15 is 0 Å². The predicted octanol–water partition coefficient (Wildman–Crippen LogP) is 0.734. The van der Waals surface area contributed by atoms with Gasteiger partial charge in [0, 0.05) is 10.8 Å². The number of amides is 2. The van der Waals surface area contributed by atoms with Crippen LogP contribution in [-0.4, -0.2) is 46.2 Å². The van der Waals surface area contributed by atoms with Gasteiger partial charge in [-0.2, -0.15) is 5.26 Å². The summed E-state index contributed by atoms with van der Waals surface area (Å²) in [7, 11) is 0. The van der Waals surface area contributed by atoms with Gasteiger partial charge in [0.2, 0.25) is 11.8 Å². The van der Waals surface area contributed by atoms with Gasteiger partial charge in [0.1, 0.15) is 4.60 Å². The highest BCUT2D eigenvalue weighted by molar-refractivity contribution is 9.10. The Hall–Kier alpha value is -3.36. The monoisotopic (exact) mass is 500 g/mol. The fraction of sp³-hybridized carbons (Fsp3) is 0.150. The van der Waals surface area contributed by atoms with Crippen LogP contribution in [0.5, 0.6) is 0 Å². The summed E-state index contributed by atoms with van der Waals surface area (Å²) in [6, 6.07) is 13.3. The Bertz CT molecular complexity index is 1200. The number of hydrogen-bond donors (Lipinski definition) is 2. The van der Waals surface area contributed by atoms with Crippen LogP contribution < -0.4 is 15.7 Å². The lowest BCUT2D eigenvalue weighted by molar-refractivity contribution is -0.304. The highest BCUT2D eigenvalue weighted by Crippen LogP contribution is 2.32. The van der Waals surface area contributed by atoms with Crippen LogP contribution in [0.25, 0.3) is 16.5 Å². The molecule has 0 aliphatic heterocycles. The molecule has 2 amide bonds. The van der Waals surface area contributed by atoms with Gasteiger partial charge in [-0.25, -0.2) is 4.98 Å². The highest BCUT2D eigenvalue weighted by Gasteiger charge is 2.16. The van der Waals surface area contributed by atoms with Crippen molar-refractivity contribution in [2.24, 2.45) is 0 Å². The molecule has 0 atom stereocenters. The normalized spacial score (nSPS) is 10.5. The average molecular weight is 501 g/mol. The lowest BCUT2D eigenvalue weighted by atomic mass is 10.0. The van der Waals surface area contributed by atoms with Crippen molar-refractivity contribution in [3.05, 3.63) is 52.8 Å². The van der Waals surface area contributed by atoms with Gasteiger partial charge in [0.25, 0.3) is 0 Å². The molecule has 0 fully saturated rings. The number of rotatable bonds is 8. The van der Waals surface area contributed by atoms with Crippen LogP contribution in [0.15, 0.2) is 52.4 Å². The molecule has 11 heteroatoms. The van der Waals surface area contributed by atoms with Gasteiger partial charge in [0.15, 0.2) is 5.16 Å². The minimum atomic E-state index is -1.41. The molecule has 0 radical (unpaired) electrons. The zero-order chi connectivity index (χ0) is 22.4. The lowest BCUT2D eigenvalue weighted by Crippen LogP contribution is -2.42. The van der Waals surface area contributed by atoms with E-state index in [4.69, 9.17) is 0 Å². The Kier molecular flexibility index (Phi) is 7.28. The lowest BCUT2D eigenvalue weighted by Gasteiger charge is -2.13. The summed E-state index contributed by atoms with van der Waals surface area (Å²) in [5.41, 5.74) is 1.35. The van der Waals surface area contributed by atoms with E-state index in [1.54, 1.807) is 12.3 Å². The van der Waals surface area contributed by atoms with Gasteiger partial charge in [-0.3, -0.25) is 14.2 Å². The van der Waals surface area contributed by atoms with Crippen molar-refractivity contribution in [1.29, 1.82) is 5.26 Å². The molecule has 0 bridgehead atoms. The Morgan fingerprint density at radius 3 is 2.52 bits per heavy atom. The summed E-state index contributed by atoms with van der Waals surface area (Å²) in [5, 5.41) is 26.4. The molecular formula is C20H15BrN5O4S-. The second-order valence-corrected chi connectivity index (χ2v) is 7.96. The molecule has 9 nitrogen and oxygen atoms in total. The van der Waals surface area contributed by atoms with E-state index in [1.165, 1.54) is 11.8 Å². The average Bonchev–Trinajstić information content (AvgIpc) is 3.14. The number of benzene rings is 2. The van der Waals surface area contributed by atoms with Gasteiger partial charge in [-0.1, -0.05) is 36.0 Å². The molecule has 1 aromatic heterocycles. The van der Waals surface area contributed by atoms with Crippen LogP contribution in [0.1, 0.15) is 5.56 Å². The smallest absolute Gasteiger partial charge is 0.239 e.